The van der Waals surface area contributed by atoms with Crippen LogP contribution in [0, 0.1) is 0 Å². The van der Waals surface area contributed by atoms with Gasteiger partial charge in [0, 0.05) is 21.5 Å². The molecule has 0 saturated carbocycles. The molecule has 0 aliphatic rings. The van der Waals surface area contributed by atoms with Gasteiger partial charge in [0.25, 0.3) is 0 Å². The molecule has 0 radical (unpaired) electrons. The molecule has 2 rings (SSSR count). The summed E-state index contributed by atoms with van der Waals surface area (Å²) in [5, 5.41) is 11.6. The number of hydrogen-bond donors (Lipinski definition) is 1. The molecule has 0 bridgehead atoms. The van der Waals surface area contributed by atoms with Crippen LogP contribution in [0.4, 0.5) is 0 Å². The molecule has 0 unspecified atom stereocenters. The highest BCUT2D eigenvalue weighted by molar-refractivity contribution is 9.11. The van der Waals surface area contributed by atoms with E-state index >= 15 is 0 Å². The Labute approximate surface area is 123 Å². The van der Waals surface area contributed by atoms with Gasteiger partial charge in [-0.05, 0) is 34.1 Å². The second kappa shape index (κ2) is 5.95. The van der Waals surface area contributed by atoms with E-state index in [4.69, 9.17) is 0 Å². The molecule has 0 atom stereocenters. The van der Waals surface area contributed by atoms with Gasteiger partial charge in [0.2, 0.25) is 0 Å². The molecule has 0 fully saturated rings. The fourth-order valence-electron chi connectivity index (χ4n) is 1.47. The molecule has 1 heterocycles. The summed E-state index contributed by atoms with van der Waals surface area (Å²) in [4.78, 5) is 0. The first-order valence-corrected chi connectivity index (χ1v) is 7.25. The number of hydrogen-bond acceptors (Lipinski definition) is 3. The minimum Gasteiger partial charge on any atom is -0.309 e. The molecule has 1 aromatic heterocycles. The molecule has 18 heavy (non-hydrogen) atoms. The molecule has 96 valence electrons. The highest BCUT2D eigenvalue weighted by atomic mass is 79.9. The fourth-order valence-corrected chi connectivity index (χ4v) is 2.24. The van der Waals surface area contributed by atoms with Crippen molar-refractivity contribution in [1.82, 2.24) is 20.3 Å². The maximum Gasteiger partial charge on any atom is 0.0969 e. The summed E-state index contributed by atoms with van der Waals surface area (Å²) in [5.74, 6) is 0. The quantitative estimate of drug-likeness (QED) is 0.894. The van der Waals surface area contributed by atoms with Gasteiger partial charge >= 0.3 is 0 Å². The van der Waals surface area contributed by atoms with E-state index in [1.807, 2.05) is 24.4 Å². The summed E-state index contributed by atoms with van der Waals surface area (Å²) < 4.78 is 3.77. The van der Waals surface area contributed by atoms with Crippen LogP contribution in [-0.4, -0.2) is 21.0 Å². The van der Waals surface area contributed by atoms with Crippen molar-refractivity contribution in [2.45, 2.75) is 26.4 Å². The van der Waals surface area contributed by atoms with Crippen molar-refractivity contribution in [3.63, 3.8) is 0 Å². The Bertz CT molecular complexity index is 537. The van der Waals surface area contributed by atoms with Crippen molar-refractivity contribution in [2.75, 3.05) is 0 Å². The van der Waals surface area contributed by atoms with Crippen molar-refractivity contribution in [3.8, 4) is 5.69 Å². The number of aromatic nitrogens is 3. The zero-order valence-corrected chi connectivity index (χ0v) is 13.4. The molecule has 0 aliphatic carbocycles. The number of halogens is 2. The van der Waals surface area contributed by atoms with Crippen LogP contribution in [0.1, 0.15) is 19.5 Å². The molecule has 0 spiro atoms. The predicted octanol–water partition coefficient (Wildman–Crippen LogP) is 3.29. The Morgan fingerprint density at radius 1 is 1.33 bits per heavy atom. The Balaban J connectivity index is 2.21. The molecule has 6 heteroatoms. The molecule has 0 aliphatic heterocycles. The number of benzene rings is 1. The van der Waals surface area contributed by atoms with Crippen LogP contribution < -0.4 is 5.32 Å². The predicted molar refractivity (Wildman–Crippen MR) is 78.7 cm³/mol. The van der Waals surface area contributed by atoms with Gasteiger partial charge in [-0.25, -0.2) is 4.68 Å². The molecular formula is C12H14Br2N4. The van der Waals surface area contributed by atoms with Gasteiger partial charge in [-0.2, -0.15) is 0 Å². The minimum absolute atomic E-state index is 0.438. The lowest BCUT2D eigenvalue weighted by Crippen LogP contribution is -2.21. The van der Waals surface area contributed by atoms with E-state index in [1.54, 1.807) is 4.68 Å². The van der Waals surface area contributed by atoms with Gasteiger partial charge in [-0.1, -0.05) is 35.0 Å². The topological polar surface area (TPSA) is 42.7 Å². The second-order valence-electron chi connectivity index (χ2n) is 4.29. The number of nitrogens with one attached hydrogen (secondary N) is 1. The van der Waals surface area contributed by atoms with E-state index in [2.05, 4.69) is 61.3 Å². The van der Waals surface area contributed by atoms with Crippen LogP contribution in [0.25, 0.3) is 5.69 Å². The summed E-state index contributed by atoms with van der Waals surface area (Å²) in [6.45, 7) is 4.94. The van der Waals surface area contributed by atoms with Gasteiger partial charge in [0.1, 0.15) is 0 Å². The van der Waals surface area contributed by atoms with Crippen molar-refractivity contribution in [3.05, 3.63) is 39.0 Å². The average molecular weight is 374 g/mol. The standard InChI is InChI=1S/C12H14Br2N4/c1-8(2)15-6-10-7-18(17-16-10)12-5-9(13)3-4-11(12)14/h3-5,7-8,15H,6H2,1-2H3. The molecule has 2 aromatic rings. The fraction of sp³-hybridized carbons (Fsp3) is 0.333. The molecule has 1 N–H and O–H groups in total. The first-order chi connectivity index (χ1) is 8.56. The van der Waals surface area contributed by atoms with Crippen LogP contribution in [0.15, 0.2) is 33.3 Å². The lowest BCUT2D eigenvalue weighted by molar-refractivity contribution is 0.580. The Morgan fingerprint density at radius 2 is 2.11 bits per heavy atom. The monoisotopic (exact) mass is 372 g/mol. The van der Waals surface area contributed by atoms with Gasteiger partial charge in [-0.15, -0.1) is 5.10 Å². The Kier molecular flexibility index (Phi) is 4.53. The minimum atomic E-state index is 0.438. The first kappa shape index (κ1) is 13.7. The third kappa shape index (κ3) is 3.40. The van der Waals surface area contributed by atoms with Crippen LogP contribution in [0.2, 0.25) is 0 Å². The van der Waals surface area contributed by atoms with Crippen LogP contribution >= 0.6 is 31.9 Å². The van der Waals surface area contributed by atoms with Gasteiger partial charge < -0.3 is 5.32 Å². The Morgan fingerprint density at radius 3 is 2.83 bits per heavy atom. The average Bonchev–Trinajstić information content (AvgIpc) is 2.78. The van der Waals surface area contributed by atoms with E-state index in [1.165, 1.54) is 0 Å². The lowest BCUT2D eigenvalue weighted by Gasteiger charge is -2.05. The third-order valence-electron chi connectivity index (χ3n) is 2.39. The van der Waals surface area contributed by atoms with E-state index in [9.17, 15) is 0 Å². The lowest BCUT2D eigenvalue weighted by atomic mass is 10.3. The van der Waals surface area contributed by atoms with Crippen molar-refractivity contribution < 1.29 is 0 Å². The van der Waals surface area contributed by atoms with E-state index in [-0.39, 0.29) is 0 Å². The number of rotatable bonds is 4. The van der Waals surface area contributed by atoms with Crippen LogP contribution in [0.5, 0.6) is 0 Å². The van der Waals surface area contributed by atoms with Crippen LogP contribution in [0.3, 0.4) is 0 Å². The van der Waals surface area contributed by atoms with Gasteiger partial charge in [-0.3, -0.25) is 0 Å². The van der Waals surface area contributed by atoms with Gasteiger partial charge in [0.15, 0.2) is 0 Å². The van der Waals surface area contributed by atoms with E-state index < -0.39 is 0 Å². The highest BCUT2D eigenvalue weighted by Crippen LogP contribution is 2.24. The Hall–Kier alpha value is -0.720. The summed E-state index contributed by atoms with van der Waals surface area (Å²) in [6, 6.07) is 6.39. The summed E-state index contributed by atoms with van der Waals surface area (Å²) >= 11 is 6.97. The highest BCUT2D eigenvalue weighted by Gasteiger charge is 2.07. The normalized spacial score (nSPS) is 11.2. The molecule has 1 aromatic carbocycles. The summed E-state index contributed by atoms with van der Waals surface area (Å²) in [6.07, 6.45) is 1.93. The van der Waals surface area contributed by atoms with Crippen LogP contribution in [-0.2, 0) is 6.54 Å². The SMILES string of the molecule is CC(C)NCc1cn(-c2cc(Br)ccc2Br)nn1. The maximum absolute atomic E-state index is 4.15. The largest absolute Gasteiger partial charge is 0.309 e. The molecule has 0 saturated heterocycles. The molecule has 0 amide bonds. The van der Waals surface area contributed by atoms with E-state index in [0.717, 1.165) is 26.9 Å². The number of nitrogens with zero attached hydrogens (tertiary/aromatic N) is 3. The van der Waals surface area contributed by atoms with Crippen molar-refractivity contribution in [1.29, 1.82) is 0 Å². The van der Waals surface area contributed by atoms with Crippen molar-refractivity contribution >= 4 is 31.9 Å². The smallest absolute Gasteiger partial charge is 0.0969 e. The van der Waals surface area contributed by atoms with Gasteiger partial charge in [0.05, 0.1) is 17.6 Å². The summed E-state index contributed by atoms with van der Waals surface area (Å²) in [7, 11) is 0. The third-order valence-corrected chi connectivity index (χ3v) is 3.55. The van der Waals surface area contributed by atoms with Crippen molar-refractivity contribution in [2.24, 2.45) is 0 Å². The van der Waals surface area contributed by atoms with E-state index in [0.29, 0.717) is 6.04 Å². The molecular weight excluding hydrogens is 360 g/mol. The zero-order valence-electron chi connectivity index (χ0n) is 10.2. The summed E-state index contributed by atoms with van der Waals surface area (Å²) in [5.41, 5.74) is 1.89. The molecule has 4 nitrogen and oxygen atoms in total. The maximum atomic E-state index is 4.15. The first-order valence-electron chi connectivity index (χ1n) is 5.66. The zero-order chi connectivity index (χ0) is 13.1. The second-order valence-corrected chi connectivity index (χ2v) is 6.06.